The average molecular weight is 507 g/mol. The number of aryl methyl sites for hydroxylation is 3. The van der Waals surface area contributed by atoms with Crippen molar-refractivity contribution in [2.75, 3.05) is 39.4 Å². The van der Waals surface area contributed by atoms with Crippen LogP contribution in [0, 0.1) is 20.8 Å². The Morgan fingerprint density at radius 2 is 1.92 bits per heavy atom. The number of hydrogen-bond donors (Lipinski definition) is 2. The number of nitrogens with one attached hydrogen (secondary N) is 2. The van der Waals surface area contributed by atoms with E-state index in [0.29, 0.717) is 18.7 Å². The van der Waals surface area contributed by atoms with E-state index in [9.17, 15) is 9.59 Å². The highest BCUT2D eigenvalue weighted by atomic mass is 16.5. The van der Waals surface area contributed by atoms with Crippen LogP contribution in [0.15, 0.2) is 32.3 Å². The first-order valence-corrected chi connectivity index (χ1v) is 12.9. The Balaban J connectivity index is 1.24. The predicted molar refractivity (Wildman–Crippen MR) is 140 cm³/mol. The Bertz CT molecular complexity index is 1350. The Morgan fingerprint density at radius 1 is 1.11 bits per heavy atom. The molecule has 0 atom stereocenters. The van der Waals surface area contributed by atoms with E-state index in [1.54, 1.807) is 6.26 Å². The fraction of sp³-hybridized carbons (Fsp3) is 0.464. The normalized spacial score (nSPS) is 17.2. The molecule has 3 aromatic rings. The fourth-order valence-corrected chi connectivity index (χ4v) is 5.33. The number of carbonyl (C=O) groups is 2. The largest absolute Gasteiger partial charge is 0.464 e. The minimum absolute atomic E-state index is 0.168. The summed E-state index contributed by atoms with van der Waals surface area (Å²) < 4.78 is 17.0. The highest BCUT2D eigenvalue weighted by Crippen LogP contribution is 2.30. The Morgan fingerprint density at radius 3 is 2.73 bits per heavy atom. The number of hydrogen-bond acceptors (Lipinski definition) is 7. The monoisotopic (exact) mass is 506 g/mol. The van der Waals surface area contributed by atoms with Crippen LogP contribution in [0.25, 0.3) is 11.0 Å². The molecule has 9 nitrogen and oxygen atoms in total. The quantitative estimate of drug-likeness (QED) is 0.476. The molecule has 1 saturated heterocycles. The first-order valence-electron chi connectivity index (χ1n) is 12.9. The number of morpholine rings is 1. The number of carbonyl (C=O) groups excluding carboxylic acids is 2. The molecule has 9 heteroatoms. The molecule has 0 saturated carbocycles. The zero-order valence-corrected chi connectivity index (χ0v) is 21.7. The Labute approximate surface area is 216 Å². The van der Waals surface area contributed by atoms with Gasteiger partial charge in [-0.05, 0) is 50.8 Å². The molecule has 2 aromatic heterocycles. The van der Waals surface area contributed by atoms with Gasteiger partial charge in [0.1, 0.15) is 11.3 Å². The molecule has 0 radical (unpaired) electrons. The molecule has 196 valence electrons. The van der Waals surface area contributed by atoms with Crippen LogP contribution in [-0.2, 0) is 22.4 Å². The van der Waals surface area contributed by atoms with E-state index in [0.717, 1.165) is 95.9 Å². The average Bonchev–Trinajstić information content (AvgIpc) is 3.44. The third-order valence-electron chi connectivity index (χ3n) is 7.11. The molecule has 2 N–H and O–H groups in total. The second kappa shape index (κ2) is 10.9. The lowest BCUT2D eigenvalue weighted by molar-refractivity contribution is -0.120. The van der Waals surface area contributed by atoms with E-state index < -0.39 is 0 Å². The number of nitrogens with zero attached hydrogens (tertiary/aromatic N) is 2. The second-order valence-electron chi connectivity index (χ2n) is 9.90. The molecule has 1 aliphatic carbocycles. The van der Waals surface area contributed by atoms with Crippen molar-refractivity contribution in [3.63, 3.8) is 0 Å². The summed E-state index contributed by atoms with van der Waals surface area (Å²) in [7, 11) is 0. The lowest BCUT2D eigenvalue weighted by Crippen LogP contribution is -2.41. The van der Waals surface area contributed by atoms with Crippen LogP contribution in [0.1, 0.15) is 57.0 Å². The molecule has 1 aromatic carbocycles. The summed E-state index contributed by atoms with van der Waals surface area (Å²) in [5.41, 5.74) is 8.88. The highest BCUT2D eigenvalue weighted by Gasteiger charge is 2.28. The predicted octanol–water partition coefficient (Wildman–Crippen LogP) is 3.41. The summed E-state index contributed by atoms with van der Waals surface area (Å²) in [6, 6.07) is 4.06. The number of furan rings is 2. The van der Waals surface area contributed by atoms with Gasteiger partial charge in [-0.1, -0.05) is 6.07 Å². The van der Waals surface area contributed by atoms with Crippen LogP contribution >= 0.6 is 0 Å². The minimum atomic E-state index is -0.221. The van der Waals surface area contributed by atoms with E-state index in [-0.39, 0.29) is 18.2 Å². The standard InChI is InChI=1S/C28H34N4O5/c1-17-13-18(2)25-20(16-36-23(25)14-17)15-24(33)31-30-21-5-4-6-22-26(21)19(3)27(37-22)28(34)29-7-8-32-9-11-35-12-10-32/h13-14,16H,4-12,15H2,1-3H3,(H,29,34)(H,31,33)/b30-21+. The van der Waals surface area contributed by atoms with Gasteiger partial charge in [0.2, 0.25) is 5.91 Å². The SMILES string of the molecule is Cc1cc(C)c2c(CC(=O)N/N=C3\CCCc4oc(C(=O)NCCN5CCOCC5)c(C)c43)coc2c1. The number of hydrazone groups is 1. The molecule has 1 aliphatic heterocycles. The summed E-state index contributed by atoms with van der Waals surface area (Å²) >= 11 is 0. The Kier molecular flexibility index (Phi) is 7.43. The third-order valence-corrected chi connectivity index (χ3v) is 7.11. The van der Waals surface area contributed by atoms with Gasteiger partial charge in [-0.2, -0.15) is 5.10 Å². The molecule has 0 bridgehead atoms. The number of amides is 2. The molecule has 0 unspecified atom stereocenters. The van der Waals surface area contributed by atoms with E-state index in [2.05, 4.69) is 26.8 Å². The Hall–Kier alpha value is -3.43. The van der Waals surface area contributed by atoms with Gasteiger partial charge < -0.3 is 18.9 Å². The van der Waals surface area contributed by atoms with Gasteiger partial charge >= 0.3 is 0 Å². The first-order chi connectivity index (χ1) is 17.9. The number of fused-ring (bicyclic) bond motifs is 2. The summed E-state index contributed by atoms with van der Waals surface area (Å²) in [5, 5.41) is 8.40. The maximum Gasteiger partial charge on any atom is 0.287 e. The van der Waals surface area contributed by atoms with Crippen LogP contribution in [0.4, 0.5) is 0 Å². The summed E-state index contributed by atoms with van der Waals surface area (Å²) in [5.74, 6) is 0.635. The van der Waals surface area contributed by atoms with E-state index in [1.165, 1.54) is 0 Å². The summed E-state index contributed by atoms with van der Waals surface area (Å²) in [4.78, 5) is 27.9. The molecule has 2 amide bonds. The number of rotatable bonds is 7. The summed E-state index contributed by atoms with van der Waals surface area (Å²) in [6.07, 6.45) is 4.11. The van der Waals surface area contributed by atoms with Crippen LogP contribution in [0.3, 0.4) is 0 Å². The lowest BCUT2D eigenvalue weighted by atomic mass is 9.93. The van der Waals surface area contributed by atoms with E-state index in [1.807, 2.05) is 26.8 Å². The third kappa shape index (κ3) is 5.47. The second-order valence-corrected chi connectivity index (χ2v) is 9.90. The molecular formula is C28H34N4O5. The van der Waals surface area contributed by atoms with Crippen molar-refractivity contribution in [3.05, 3.63) is 57.7 Å². The van der Waals surface area contributed by atoms with Crippen LogP contribution in [-0.4, -0.2) is 61.8 Å². The molecule has 1 fully saturated rings. The molecule has 37 heavy (non-hydrogen) atoms. The minimum Gasteiger partial charge on any atom is -0.464 e. The van der Waals surface area contributed by atoms with Gasteiger partial charge in [-0.25, -0.2) is 5.43 Å². The van der Waals surface area contributed by atoms with Crippen molar-refractivity contribution in [2.45, 2.75) is 46.5 Å². The first kappa shape index (κ1) is 25.2. The van der Waals surface area contributed by atoms with Crippen LogP contribution in [0.2, 0.25) is 0 Å². The van der Waals surface area contributed by atoms with Crippen molar-refractivity contribution in [1.82, 2.24) is 15.6 Å². The van der Waals surface area contributed by atoms with Gasteiger partial charge in [-0.15, -0.1) is 0 Å². The van der Waals surface area contributed by atoms with Crippen molar-refractivity contribution < 1.29 is 23.2 Å². The highest BCUT2D eigenvalue weighted by molar-refractivity contribution is 6.06. The van der Waals surface area contributed by atoms with E-state index in [4.69, 9.17) is 13.6 Å². The topological polar surface area (TPSA) is 109 Å². The molecule has 3 heterocycles. The van der Waals surface area contributed by atoms with Crippen molar-refractivity contribution in [2.24, 2.45) is 5.10 Å². The van der Waals surface area contributed by atoms with Crippen LogP contribution in [0.5, 0.6) is 0 Å². The molecule has 5 rings (SSSR count). The zero-order chi connectivity index (χ0) is 25.9. The zero-order valence-electron chi connectivity index (χ0n) is 21.7. The van der Waals surface area contributed by atoms with Crippen molar-refractivity contribution in [1.29, 1.82) is 0 Å². The number of ether oxygens (including phenoxy) is 1. The molecule has 2 aliphatic rings. The van der Waals surface area contributed by atoms with Gasteiger partial charge in [0.25, 0.3) is 5.91 Å². The maximum atomic E-state index is 12.9. The van der Waals surface area contributed by atoms with Crippen LogP contribution < -0.4 is 10.7 Å². The van der Waals surface area contributed by atoms with Crippen molar-refractivity contribution >= 4 is 28.5 Å². The smallest absolute Gasteiger partial charge is 0.287 e. The van der Waals surface area contributed by atoms with E-state index >= 15 is 0 Å². The lowest BCUT2D eigenvalue weighted by Gasteiger charge is -2.26. The maximum absolute atomic E-state index is 12.9. The molecule has 0 spiro atoms. The van der Waals surface area contributed by atoms with Gasteiger partial charge in [0.15, 0.2) is 5.76 Å². The van der Waals surface area contributed by atoms with Gasteiger partial charge in [0.05, 0.1) is 31.6 Å². The number of benzene rings is 1. The summed E-state index contributed by atoms with van der Waals surface area (Å²) in [6.45, 7) is 10.5. The fourth-order valence-electron chi connectivity index (χ4n) is 5.33. The van der Waals surface area contributed by atoms with Crippen molar-refractivity contribution in [3.8, 4) is 0 Å². The molecular weight excluding hydrogens is 472 g/mol. The van der Waals surface area contributed by atoms with Gasteiger partial charge in [0, 0.05) is 54.7 Å². The van der Waals surface area contributed by atoms with Gasteiger partial charge in [-0.3, -0.25) is 14.5 Å².